The minimum Gasteiger partial charge on any atom is -0.406 e. The number of nitrogens with zero attached hydrogens (tertiary/aromatic N) is 1. The molecular weight excluding hydrogens is 231 g/mol. The molecule has 82 valence electrons. The third kappa shape index (κ3) is 2.28. The Morgan fingerprint density at radius 3 is 2.73 bits per heavy atom. The molecule has 1 aromatic rings. The first-order valence-electron chi connectivity index (χ1n) is 4.28. The van der Waals surface area contributed by atoms with Gasteiger partial charge in [-0.25, -0.2) is 0 Å². The van der Waals surface area contributed by atoms with Crippen LogP contribution in [-0.4, -0.2) is 12.9 Å². The fraction of sp³-hybridized carbons (Fsp3) is 0.333. The van der Waals surface area contributed by atoms with E-state index in [4.69, 9.17) is 11.8 Å². The van der Waals surface area contributed by atoms with E-state index in [0.29, 0.717) is 12.2 Å². The van der Waals surface area contributed by atoms with Gasteiger partial charge in [0.05, 0.1) is 5.69 Å². The highest BCUT2D eigenvalue weighted by molar-refractivity contribution is 6.26. The summed E-state index contributed by atoms with van der Waals surface area (Å²) in [6, 6.07) is 4.18. The third-order valence-electron chi connectivity index (χ3n) is 2.13. The molecule has 1 aromatic carbocycles. The fourth-order valence-corrected chi connectivity index (χ4v) is 1.76. The minimum absolute atomic E-state index is 0.242. The van der Waals surface area contributed by atoms with E-state index in [1.54, 1.807) is 6.07 Å². The zero-order valence-electron chi connectivity index (χ0n) is 7.51. The van der Waals surface area contributed by atoms with Crippen LogP contribution >= 0.6 is 11.8 Å². The molecule has 15 heavy (non-hydrogen) atoms. The van der Waals surface area contributed by atoms with E-state index >= 15 is 0 Å². The standard InChI is InChI=1S/C9H7ClF3NO/c10-14-4-3-6-1-2-7(5-8(6)14)15-9(11,12)13/h1-2,5H,3-4H2. The van der Waals surface area contributed by atoms with Gasteiger partial charge in [-0.2, -0.15) is 0 Å². The number of hydrogen-bond acceptors (Lipinski definition) is 2. The van der Waals surface area contributed by atoms with Crippen molar-refractivity contribution in [3.8, 4) is 5.75 Å². The SMILES string of the molecule is FC(F)(F)Oc1ccc2c(c1)N(Cl)CC2. The first-order chi connectivity index (χ1) is 6.96. The quantitative estimate of drug-likeness (QED) is 0.696. The zero-order chi connectivity index (χ0) is 11.1. The molecule has 1 heterocycles. The molecule has 0 N–H and O–H groups in total. The largest absolute Gasteiger partial charge is 0.573 e. The number of hydrogen-bond donors (Lipinski definition) is 0. The maximum absolute atomic E-state index is 11.9. The van der Waals surface area contributed by atoms with Gasteiger partial charge in [-0.15, -0.1) is 13.2 Å². The van der Waals surface area contributed by atoms with Crippen molar-refractivity contribution in [2.45, 2.75) is 12.8 Å². The van der Waals surface area contributed by atoms with Crippen LogP contribution in [0, 0.1) is 0 Å². The molecule has 0 atom stereocenters. The fourth-order valence-electron chi connectivity index (χ4n) is 1.52. The Bertz CT molecular complexity index is 380. The smallest absolute Gasteiger partial charge is 0.406 e. The Hall–Kier alpha value is -1.10. The summed E-state index contributed by atoms with van der Waals surface area (Å²) in [7, 11) is 0. The molecule has 0 unspecified atom stereocenters. The molecule has 0 aliphatic carbocycles. The average molecular weight is 238 g/mol. The highest BCUT2D eigenvalue weighted by Gasteiger charge is 2.31. The maximum Gasteiger partial charge on any atom is 0.573 e. The van der Waals surface area contributed by atoms with Crippen LogP contribution in [0.3, 0.4) is 0 Å². The monoisotopic (exact) mass is 237 g/mol. The molecule has 1 aliphatic rings. The number of alkyl halides is 3. The normalized spacial score (nSPS) is 15.3. The Kier molecular flexibility index (Phi) is 2.42. The van der Waals surface area contributed by atoms with Crippen LogP contribution in [0.25, 0.3) is 0 Å². The number of halogens is 4. The van der Waals surface area contributed by atoms with Gasteiger partial charge in [0.15, 0.2) is 0 Å². The van der Waals surface area contributed by atoms with Crippen molar-refractivity contribution in [1.29, 1.82) is 0 Å². The second-order valence-corrected chi connectivity index (χ2v) is 3.58. The highest BCUT2D eigenvalue weighted by Crippen LogP contribution is 2.34. The summed E-state index contributed by atoms with van der Waals surface area (Å²) in [4.78, 5) is 0. The van der Waals surface area contributed by atoms with Crippen molar-refractivity contribution in [3.63, 3.8) is 0 Å². The summed E-state index contributed by atoms with van der Waals surface area (Å²) in [5.41, 5.74) is 1.51. The van der Waals surface area contributed by atoms with Gasteiger partial charge in [0.2, 0.25) is 0 Å². The third-order valence-corrected chi connectivity index (χ3v) is 2.48. The zero-order valence-corrected chi connectivity index (χ0v) is 8.27. The Labute approximate surface area is 89.3 Å². The lowest BCUT2D eigenvalue weighted by molar-refractivity contribution is -0.274. The summed E-state index contributed by atoms with van der Waals surface area (Å²) >= 11 is 5.78. The second kappa shape index (κ2) is 3.48. The Morgan fingerprint density at radius 2 is 2.07 bits per heavy atom. The molecule has 2 rings (SSSR count). The van der Waals surface area contributed by atoms with Crippen molar-refractivity contribution in [3.05, 3.63) is 23.8 Å². The molecule has 2 nitrogen and oxygen atoms in total. The predicted octanol–water partition coefficient (Wildman–Crippen LogP) is 3.10. The molecule has 0 saturated heterocycles. The van der Waals surface area contributed by atoms with E-state index < -0.39 is 6.36 Å². The average Bonchev–Trinajstić information content (AvgIpc) is 2.45. The summed E-state index contributed by atoms with van der Waals surface area (Å²) in [6.07, 6.45) is -3.92. The molecule has 0 amide bonds. The van der Waals surface area contributed by atoms with Gasteiger partial charge in [-0.3, -0.25) is 4.42 Å². The molecular formula is C9H7ClF3NO. The van der Waals surface area contributed by atoms with Crippen molar-refractivity contribution in [2.24, 2.45) is 0 Å². The summed E-state index contributed by atoms with van der Waals surface area (Å²) < 4.78 is 40.9. The van der Waals surface area contributed by atoms with Crippen LogP contribution in [0.15, 0.2) is 18.2 Å². The molecule has 0 spiro atoms. The van der Waals surface area contributed by atoms with Gasteiger partial charge in [-0.05, 0) is 18.1 Å². The molecule has 0 bridgehead atoms. The van der Waals surface area contributed by atoms with Crippen LogP contribution in [0.2, 0.25) is 0 Å². The predicted molar refractivity (Wildman–Crippen MR) is 50.0 cm³/mol. The van der Waals surface area contributed by atoms with E-state index in [0.717, 1.165) is 12.0 Å². The lowest BCUT2D eigenvalue weighted by atomic mass is 10.2. The van der Waals surface area contributed by atoms with Gasteiger partial charge >= 0.3 is 6.36 Å². The highest BCUT2D eigenvalue weighted by atomic mass is 35.5. The minimum atomic E-state index is -4.66. The van der Waals surface area contributed by atoms with Gasteiger partial charge in [0, 0.05) is 24.4 Å². The van der Waals surface area contributed by atoms with Crippen molar-refractivity contribution in [2.75, 3.05) is 11.0 Å². The lowest BCUT2D eigenvalue weighted by Gasteiger charge is -2.12. The van der Waals surface area contributed by atoms with Crippen LogP contribution in [-0.2, 0) is 6.42 Å². The van der Waals surface area contributed by atoms with Gasteiger partial charge < -0.3 is 4.74 Å². The van der Waals surface area contributed by atoms with E-state index in [1.165, 1.54) is 16.6 Å². The second-order valence-electron chi connectivity index (χ2n) is 3.17. The number of benzene rings is 1. The van der Waals surface area contributed by atoms with E-state index in [2.05, 4.69) is 4.74 Å². The van der Waals surface area contributed by atoms with E-state index in [1.807, 2.05) is 0 Å². The maximum atomic E-state index is 11.9. The van der Waals surface area contributed by atoms with Gasteiger partial charge in [-0.1, -0.05) is 6.07 Å². The molecule has 6 heteroatoms. The summed E-state index contributed by atoms with van der Waals surface area (Å²) in [5, 5.41) is 0. The topological polar surface area (TPSA) is 12.5 Å². The Morgan fingerprint density at radius 1 is 1.33 bits per heavy atom. The lowest BCUT2D eigenvalue weighted by Crippen LogP contribution is -2.17. The van der Waals surface area contributed by atoms with Gasteiger partial charge in [0.25, 0.3) is 0 Å². The molecule has 1 aliphatic heterocycles. The van der Waals surface area contributed by atoms with Crippen LogP contribution in [0.1, 0.15) is 5.56 Å². The molecule has 0 radical (unpaired) electrons. The first kappa shape index (κ1) is 10.4. The number of rotatable bonds is 1. The number of anilines is 1. The number of fused-ring (bicyclic) bond motifs is 1. The molecule has 0 fully saturated rings. The molecule has 0 aromatic heterocycles. The Balaban J connectivity index is 2.26. The summed E-state index contributed by atoms with van der Waals surface area (Å²) in [6.45, 7) is 0.604. The van der Waals surface area contributed by atoms with Crippen molar-refractivity contribution >= 4 is 17.5 Å². The van der Waals surface area contributed by atoms with E-state index in [-0.39, 0.29) is 5.75 Å². The summed E-state index contributed by atoms with van der Waals surface area (Å²) in [5.74, 6) is -0.242. The number of ether oxygens (including phenoxy) is 1. The van der Waals surface area contributed by atoms with Crippen LogP contribution < -0.4 is 9.16 Å². The molecule has 0 saturated carbocycles. The van der Waals surface area contributed by atoms with Gasteiger partial charge in [0.1, 0.15) is 5.75 Å². The van der Waals surface area contributed by atoms with Crippen molar-refractivity contribution < 1.29 is 17.9 Å². The van der Waals surface area contributed by atoms with E-state index in [9.17, 15) is 13.2 Å². The van der Waals surface area contributed by atoms with Crippen LogP contribution in [0.5, 0.6) is 5.75 Å². The van der Waals surface area contributed by atoms with Crippen molar-refractivity contribution in [1.82, 2.24) is 0 Å². The van der Waals surface area contributed by atoms with Crippen LogP contribution in [0.4, 0.5) is 18.9 Å². The first-order valence-corrected chi connectivity index (χ1v) is 4.61.